The summed E-state index contributed by atoms with van der Waals surface area (Å²) in [4.78, 5) is 17.0. The molecule has 2 aromatic rings. The van der Waals surface area contributed by atoms with E-state index in [1.54, 1.807) is 0 Å². The highest BCUT2D eigenvalue weighted by molar-refractivity contribution is 5.95. The minimum Gasteiger partial charge on any atom is -0.483 e. The monoisotopic (exact) mass is 339 g/mol. The molecule has 1 amide bonds. The van der Waals surface area contributed by atoms with Crippen molar-refractivity contribution < 1.29 is 9.53 Å². The molecular weight excluding hydrogens is 314 g/mol. The van der Waals surface area contributed by atoms with Gasteiger partial charge in [0.1, 0.15) is 5.75 Å². The number of nitrogens with zero attached hydrogens (tertiary/aromatic N) is 2. The molecule has 25 heavy (non-hydrogen) atoms. The van der Waals surface area contributed by atoms with Crippen molar-refractivity contribution in [2.24, 2.45) is 0 Å². The van der Waals surface area contributed by atoms with Gasteiger partial charge in [-0.25, -0.2) is 0 Å². The van der Waals surface area contributed by atoms with Crippen LogP contribution in [0.15, 0.2) is 48.5 Å². The van der Waals surface area contributed by atoms with E-state index in [0.717, 1.165) is 48.9 Å². The van der Waals surface area contributed by atoms with Gasteiger partial charge in [0.05, 0.1) is 11.4 Å². The van der Waals surface area contributed by atoms with E-state index in [2.05, 4.69) is 28.2 Å². The summed E-state index contributed by atoms with van der Waals surface area (Å²) in [7, 11) is 2.13. The van der Waals surface area contributed by atoms with Gasteiger partial charge in [0.25, 0.3) is 5.91 Å². The van der Waals surface area contributed by atoms with Crippen LogP contribution in [0.5, 0.6) is 5.75 Å². The second kappa shape index (κ2) is 8.03. The molecule has 1 heterocycles. The molecule has 0 radical (unpaired) electrons. The van der Waals surface area contributed by atoms with Crippen LogP contribution in [0, 0.1) is 6.92 Å². The fourth-order valence-electron chi connectivity index (χ4n) is 2.95. The van der Waals surface area contributed by atoms with Crippen LogP contribution in [0.1, 0.15) is 5.56 Å². The van der Waals surface area contributed by atoms with Gasteiger partial charge < -0.3 is 19.9 Å². The number of hydrogen-bond acceptors (Lipinski definition) is 4. The lowest BCUT2D eigenvalue weighted by Crippen LogP contribution is -2.44. The summed E-state index contributed by atoms with van der Waals surface area (Å²) in [6.45, 7) is 5.95. The molecule has 2 aromatic carbocycles. The highest BCUT2D eigenvalue weighted by Gasteiger charge is 2.17. The predicted molar refractivity (Wildman–Crippen MR) is 101 cm³/mol. The van der Waals surface area contributed by atoms with Crippen LogP contribution >= 0.6 is 0 Å². The van der Waals surface area contributed by atoms with Crippen LogP contribution in [0.2, 0.25) is 0 Å². The van der Waals surface area contributed by atoms with Crippen molar-refractivity contribution in [3.63, 3.8) is 0 Å². The van der Waals surface area contributed by atoms with Crippen molar-refractivity contribution in [3.8, 4) is 5.75 Å². The molecule has 0 aliphatic carbocycles. The van der Waals surface area contributed by atoms with Crippen molar-refractivity contribution in [2.45, 2.75) is 6.92 Å². The zero-order valence-corrected chi connectivity index (χ0v) is 14.9. The molecule has 5 nitrogen and oxygen atoms in total. The van der Waals surface area contributed by atoms with Crippen molar-refractivity contribution in [1.82, 2.24) is 4.90 Å². The van der Waals surface area contributed by atoms with Crippen LogP contribution in [0.25, 0.3) is 0 Å². The molecule has 1 aliphatic rings. The number of hydrogen-bond donors (Lipinski definition) is 1. The minimum atomic E-state index is -0.148. The quantitative estimate of drug-likeness (QED) is 0.910. The first-order valence-electron chi connectivity index (χ1n) is 8.64. The number of benzene rings is 2. The molecule has 3 rings (SSSR count). The number of para-hydroxylation sites is 3. The third-order valence-electron chi connectivity index (χ3n) is 4.47. The van der Waals surface area contributed by atoms with E-state index in [9.17, 15) is 4.79 Å². The SMILES string of the molecule is Cc1ccccc1OCC(=O)Nc1ccccc1N1CCN(C)CC1. The van der Waals surface area contributed by atoms with Crippen molar-refractivity contribution >= 4 is 17.3 Å². The Morgan fingerprint density at radius 2 is 1.72 bits per heavy atom. The van der Waals surface area contributed by atoms with Crippen LogP contribution in [0.3, 0.4) is 0 Å². The maximum Gasteiger partial charge on any atom is 0.262 e. The van der Waals surface area contributed by atoms with Gasteiger partial charge in [-0.15, -0.1) is 0 Å². The maximum atomic E-state index is 12.3. The van der Waals surface area contributed by atoms with Crippen LogP contribution < -0.4 is 15.0 Å². The number of likely N-dealkylation sites (N-methyl/N-ethyl adjacent to an activating group) is 1. The minimum absolute atomic E-state index is 0.00191. The second-order valence-electron chi connectivity index (χ2n) is 6.41. The summed E-state index contributed by atoms with van der Waals surface area (Å²) in [5, 5.41) is 2.99. The fourth-order valence-corrected chi connectivity index (χ4v) is 2.95. The summed E-state index contributed by atoms with van der Waals surface area (Å²) < 4.78 is 5.64. The fraction of sp³-hybridized carbons (Fsp3) is 0.350. The molecule has 132 valence electrons. The molecule has 0 atom stereocenters. The van der Waals surface area contributed by atoms with Crippen LogP contribution in [0.4, 0.5) is 11.4 Å². The van der Waals surface area contributed by atoms with Crippen LogP contribution in [-0.2, 0) is 4.79 Å². The molecule has 0 aromatic heterocycles. The van der Waals surface area contributed by atoms with E-state index >= 15 is 0 Å². The lowest BCUT2D eigenvalue weighted by Gasteiger charge is -2.35. The number of piperazine rings is 1. The summed E-state index contributed by atoms with van der Waals surface area (Å²) in [5.74, 6) is 0.592. The molecule has 0 saturated carbocycles. The highest BCUT2D eigenvalue weighted by Crippen LogP contribution is 2.26. The molecule has 0 unspecified atom stereocenters. The first kappa shape index (κ1) is 17.3. The van der Waals surface area contributed by atoms with Crippen molar-refractivity contribution in [3.05, 3.63) is 54.1 Å². The standard InChI is InChI=1S/C20H25N3O2/c1-16-7-3-6-10-19(16)25-15-20(24)21-17-8-4-5-9-18(17)23-13-11-22(2)12-14-23/h3-10H,11-15H2,1-2H3,(H,21,24). The van der Waals surface area contributed by atoms with E-state index < -0.39 is 0 Å². The Hall–Kier alpha value is -2.53. The first-order valence-corrected chi connectivity index (χ1v) is 8.64. The molecule has 1 N–H and O–H groups in total. The van der Waals surface area contributed by atoms with Gasteiger partial charge in [-0.3, -0.25) is 4.79 Å². The van der Waals surface area contributed by atoms with Crippen molar-refractivity contribution in [2.75, 3.05) is 50.1 Å². The van der Waals surface area contributed by atoms with E-state index in [-0.39, 0.29) is 12.5 Å². The Bertz CT molecular complexity index is 724. The highest BCUT2D eigenvalue weighted by atomic mass is 16.5. The number of amides is 1. The van der Waals surface area contributed by atoms with Gasteiger partial charge in [0.15, 0.2) is 6.61 Å². The smallest absolute Gasteiger partial charge is 0.262 e. The zero-order chi connectivity index (χ0) is 17.6. The number of rotatable bonds is 5. The largest absolute Gasteiger partial charge is 0.483 e. The third kappa shape index (κ3) is 4.51. The van der Waals surface area contributed by atoms with E-state index in [4.69, 9.17) is 4.74 Å². The molecule has 1 fully saturated rings. The Morgan fingerprint density at radius 1 is 1.04 bits per heavy atom. The van der Waals surface area contributed by atoms with Gasteiger partial charge in [0, 0.05) is 26.2 Å². The normalized spacial score (nSPS) is 15.0. The molecular formula is C20H25N3O2. The summed E-state index contributed by atoms with van der Waals surface area (Å²) in [6.07, 6.45) is 0. The lowest BCUT2D eigenvalue weighted by atomic mass is 10.2. The van der Waals surface area contributed by atoms with Crippen molar-refractivity contribution in [1.29, 1.82) is 0 Å². The lowest BCUT2D eigenvalue weighted by molar-refractivity contribution is -0.118. The van der Waals surface area contributed by atoms with Gasteiger partial charge in [-0.2, -0.15) is 0 Å². The Labute approximate surface area is 149 Å². The predicted octanol–water partition coefficient (Wildman–Crippen LogP) is 2.76. The average molecular weight is 339 g/mol. The van der Waals surface area contributed by atoms with E-state index in [0.29, 0.717) is 0 Å². The van der Waals surface area contributed by atoms with Gasteiger partial charge >= 0.3 is 0 Å². The van der Waals surface area contributed by atoms with Gasteiger partial charge in [0.2, 0.25) is 0 Å². The summed E-state index contributed by atoms with van der Waals surface area (Å²) in [5.41, 5.74) is 2.93. The molecule has 5 heteroatoms. The Morgan fingerprint density at radius 3 is 2.48 bits per heavy atom. The topological polar surface area (TPSA) is 44.8 Å². The van der Waals surface area contributed by atoms with E-state index in [1.807, 2.05) is 49.4 Å². The van der Waals surface area contributed by atoms with Gasteiger partial charge in [-0.1, -0.05) is 30.3 Å². The second-order valence-corrected chi connectivity index (χ2v) is 6.41. The molecule has 1 saturated heterocycles. The third-order valence-corrected chi connectivity index (χ3v) is 4.47. The Kier molecular flexibility index (Phi) is 5.56. The number of carbonyl (C=O) groups excluding carboxylic acids is 1. The average Bonchev–Trinajstić information content (AvgIpc) is 2.62. The Balaban J connectivity index is 1.62. The van der Waals surface area contributed by atoms with Gasteiger partial charge in [-0.05, 0) is 37.7 Å². The van der Waals surface area contributed by atoms with Crippen LogP contribution in [-0.4, -0.2) is 50.6 Å². The molecule has 0 bridgehead atoms. The summed E-state index contributed by atoms with van der Waals surface area (Å²) >= 11 is 0. The first-order chi connectivity index (χ1) is 12.1. The number of ether oxygens (including phenoxy) is 1. The molecule has 0 spiro atoms. The number of aryl methyl sites for hydroxylation is 1. The number of nitrogens with one attached hydrogen (secondary N) is 1. The number of anilines is 2. The number of carbonyl (C=O) groups is 1. The van der Waals surface area contributed by atoms with E-state index in [1.165, 1.54) is 0 Å². The molecule has 1 aliphatic heterocycles. The zero-order valence-electron chi connectivity index (χ0n) is 14.9. The summed E-state index contributed by atoms with van der Waals surface area (Å²) in [6, 6.07) is 15.7. The maximum absolute atomic E-state index is 12.3.